The molecule has 1 aromatic heterocycles. The van der Waals surface area contributed by atoms with E-state index in [4.69, 9.17) is 0 Å². The molecule has 6 heteroatoms. The minimum atomic E-state index is -0.816. The molecular formula is C12H20N4O2-. The molecule has 1 aliphatic rings. The maximum Gasteiger partial charge on any atom is 0.109 e. The monoisotopic (exact) mass is 252 g/mol. The molecule has 2 heterocycles. The molecule has 1 saturated heterocycles. The summed E-state index contributed by atoms with van der Waals surface area (Å²) < 4.78 is 1.68. The van der Waals surface area contributed by atoms with Gasteiger partial charge in [0.05, 0.1) is 11.7 Å². The van der Waals surface area contributed by atoms with Crippen molar-refractivity contribution in [3.63, 3.8) is 0 Å². The molecule has 6 nitrogen and oxygen atoms in total. The Labute approximate surface area is 107 Å². The van der Waals surface area contributed by atoms with Gasteiger partial charge in [0.2, 0.25) is 0 Å². The van der Waals surface area contributed by atoms with Crippen molar-refractivity contribution < 1.29 is 5.21 Å². The van der Waals surface area contributed by atoms with Crippen molar-refractivity contribution in [3.05, 3.63) is 22.7 Å². The van der Waals surface area contributed by atoms with Gasteiger partial charge in [0.25, 0.3) is 0 Å². The Bertz CT molecular complexity index is 447. The van der Waals surface area contributed by atoms with Gasteiger partial charge in [-0.15, -0.1) is 10.3 Å². The first-order valence-electron chi connectivity index (χ1n) is 6.04. The maximum atomic E-state index is 12.5. The fourth-order valence-corrected chi connectivity index (χ4v) is 2.27. The van der Waals surface area contributed by atoms with Gasteiger partial charge in [-0.05, 0) is 34.6 Å². The summed E-state index contributed by atoms with van der Waals surface area (Å²) in [7, 11) is 1.80. The van der Waals surface area contributed by atoms with Crippen LogP contribution in [-0.2, 0) is 12.3 Å². The van der Waals surface area contributed by atoms with Crippen molar-refractivity contribution in [2.75, 3.05) is 0 Å². The first kappa shape index (κ1) is 13.5. The number of hydrogen-bond acceptors (Lipinski definition) is 4. The van der Waals surface area contributed by atoms with Crippen molar-refractivity contribution in [1.82, 2.24) is 19.9 Å². The molecule has 1 aliphatic heterocycles. The largest absolute Gasteiger partial charge is 0.783 e. The number of aromatic nitrogens is 2. The highest BCUT2D eigenvalue weighted by Crippen LogP contribution is 2.48. The third-order valence-corrected chi connectivity index (χ3v) is 4.59. The Hall–Kier alpha value is -0.950. The van der Waals surface area contributed by atoms with Crippen LogP contribution in [0.5, 0.6) is 0 Å². The second-order valence-electron chi connectivity index (χ2n) is 5.95. The lowest BCUT2D eigenvalue weighted by Gasteiger charge is -2.44. The van der Waals surface area contributed by atoms with Crippen LogP contribution in [0, 0.1) is 12.1 Å². The molecule has 0 atom stereocenters. The van der Waals surface area contributed by atoms with E-state index < -0.39 is 17.2 Å². The van der Waals surface area contributed by atoms with Gasteiger partial charge in [-0.2, -0.15) is 5.10 Å². The Morgan fingerprint density at radius 3 is 2.17 bits per heavy atom. The van der Waals surface area contributed by atoms with E-state index in [9.17, 15) is 10.4 Å². The average Bonchev–Trinajstić information content (AvgIpc) is 2.64. The summed E-state index contributed by atoms with van der Waals surface area (Å²) in [5.74, 6) is 0. The number of nitrogens with zero attached hydrogens (tertiary/aromatic N) is 4. The van der Waals surface area contributed by atoms with Crippen molar-refractivity contribution in [3.8, 4) is 0 Å². The summed E-state index contributed by atoms with van der Waals surface area (Å²) >= 11 is 0. The Balaban J connectivity index is 2.51. The average molecular weight is 252 g/mol. The van der Waals surface area contributed by atoms with Crippen molar-refractivity contribution in [2.24, 2.45) is 7.05 Å². The van der Waals surface area contributed by atoms with Gasteiger partial charge in [-0.1, -0.05) is 0 Å². The predicted molar refractivity (Wildman–Crippen MR) is 66.6 cm³/mol. The Morgan fingerprint density at radius 2 is 1.83 bits per heavy atom. The minimum absolute atomic E-state index is 0.682. The van der Waals surface area contributed by atoms with E-state index in [1.165, 1.54) is 0 Å². The normalized spacial score (nSPS) is 27.9. The van der Waals surface area contributed by atoms with Gasteiger partial charge in [-0.25, -0.2) is 0 Å². The molecule has 0 N–H and O–H groups in total. The zero-order valence-electron chi connectivity index (χ0n) is 11.8. The highest BCUT2D eigenvalue weighted by atomic mass is 16.6. The molecule has 0 amide bonds. The summed E-state index contributed by atoms with van der Waals surface area (Å²) in [6.45, 7) is 9.07. The molecule has 1 radical (unpaired) electrons. The van der Waals surface area contributed by atoms with E-state index in [0.717, 1.165) is 15.8 Å². The predicted octanol–water partition coefficient (Wildman–Crippen LogP) is 1.75. The highest BCUT2D eigenvalue weighted by molar-refractivity contribution is 5.25. The topological polar surface area (TPSA) is 67.3 Å². The molecule has 0 aromatic carbocycles. The van der Waals surface area contributed by atoms with E-state index >= 15 is 0 Å². The van der Waals surface area contributed by atoms with Gasteiger partial charge in [0.15, 0.2) is 0 Å². The zero-order valence-corrected chi connectivity index (χ0v) is 11.8. The van der Waals surface area contributed by atoms with Crippen LogP contribution in [0.1, 0.15) is 45.1 Å². The van der Waals surface area contributed by atoms with Crippen LogP contribution in [0.15, 0.2) is 6.20 Å². The van der Waals surface area contributed by atoms with Crippen molar-refractivity contribution >= 4 is 0 Å². The summed E-state index contributed by atoms with van der Waals surface area (Å²) in [5.41, 5.74) is 0.0278. The lowest BCUT2D eigenvalue weighted by Crippen LogP contribution is -2.51. The SMILES string of the molecule is Cc1c(C2N([O])C(C)(C)C(C)(C)N2[O-])cnn1C. The summed E-state index contributed by atoms with van der Waals surface area (Å²) in [6.07, 6.45) is 0.788. The summed E-state index contributed by atoms with van der Waals surface area (Å²) in [5, 5.41) is 30.8. The Kier molecular flexibility index (Phi) is 2.82. The quantitative estimate of drug-likeness (QED) is 0.763. The number of aryl methyl sites for hydroxylation is 1. The third-order valence-electron chi connectivity index (χ3n) is 4.59. The first-order chi connectivity index (χ1) is 8.12. The van der Waals surface area contributed by atoms with Crippen LogP contribution < -0.4 is 0 Å². The second-order valence-corrected chi connectivity index (χ2v) is 5.95. The number of rotatable bonds is 1. The zero-order chi connectivity index (χ0) is 13.9. The molecule has 0 bridgehead atoms. The molecule has 0 aliphatic carbocycles. The minimum Gasteiger partial charge on any atom is -0.783 e. The molecule has 2 rings (SSSR count). The summed E-state index contributed by atoms with van der Waals surface area (Å²) in [6, 6.07) is 0. The third kappa shape index (κ3) is 1.46. The number of hydroxylamine groups is 4. The van der Waals surface area contributed by atoms with Crippen LogP contribution in [-0.4, -0.2) is 31.0 Å². The van der Waals surface area contributed by atoms with Crippen molar-refractivity contribution in [1.29, 1.82) is 0 Å². The molecule has 0 saturated carbocycles. The van der Waals surface area contributed by atoms with Gasteiger partial charge >= 0.3 is 0 Å². The molecule has 18 heavy (non-hydrogen) atoms. The fourth-order valence-electron chi connectivity index (χ4n) is 2.27. The van der Waals surface area contributed by atoms with Gasteiger partial charge < -0.3 is 10.3 Å². The van der Waals surface area contributed by atoms with E-state index in [2.05, 4.69) is 5.10 Å². The van der Waals surface area contributed by atoms with Crippen LogP contribution in [0.2, 0.25) is 0 Å². The van der Waals surface area contributed by atoms with E-state index in [-0.39, 0.29) is 0 Å². The molecule has 1 aromatic rings. The van der Waals surface area contributed by atoms with Gasteiger partial charge in [0.1, 0.15) is 6.17 Å². The van der Waals surface area contributed by atoms with Gasteiger partial charge in [-0.3, -0.25) is 4.68 Å². The fraction of sp³-hybridized carbons (Fsp3) is 0.750. The first-order valence-corrected chi connectivity index (χ1v) is 6.04. The smallest absolute Gasteiger partial charge is 0.109 e. The lowest BCUT2D eigenvalue weighted by atomic mass is 9.84. The van der Waals surface area contributed by atoms with Gasteiger partial charge in [0, 0.05) is 23.8 Å². The molecular weight excluding hydrogens is 232 g/mol. The summed E-state index contributed by atoms with van der Waals surface area (Å²) in [4.78, 5) is 0. The van der Waals surface area contributed by atoms with Crippen LogP contribution in [0.25, 0.3) is 0 Å². The van der Waals surface area contributed by atoms with Crippen LogP contribution >= 0.6 is 0 Å². The standard InChI is InChI=1S/C12H20N4O2/c1-8-9(7-13-14(8)6)10-15(17)11(2,3)12(4,5)16(10)18/h7,10H,1-6H3/q-1. The second kappa shape index (κ2) is 3.77. The lowest BCUT2D eigenvalue weighted by molar-refractivity contribution is -0.232. The molecule has 1 fully saturated rings. The Morgan fingerprint density at radius 1 is 1.28 bits per heavy atom. The van der Waals surface area contributed by atoms with E-state index in [1.54, 1.807) is 45.6 Å². The van der Waals surface area contributed by atoms with Crippen molar-refractivity contribution in [2.45, 2.75) is 51.9 Å². The molecule has 0 spiro atoms. The van der Waals surface area contributed by atoms with Crippen LogP contribution in [0.3, 0.4) is 0 Å². The molecule has 101 valence electrons. The van der Waals surface area contributed by atoms with E-state index in [1.807, 2.05) is 6.92 Å². The molecule has 0 unspecified atom stereocenters. The van der Waals surface area contributed by atoms with Crippen LogP contribution in [0.4, 0.5) is 0 Å². The van der Waals surface area contributed by atoms with E-state index in [0.29, 0.717) is 5.56 Å². The number of hydrogen-bond donors (Lipinski definition) is 0. The maximum absolute atomic E-state index is 12.5. The highest BCUT2D eigenvalue weighted by Gasteiger charge is 2.55.